The van der Waals surface area contributed by atoms with Gasteiger partial charge in [-0.1, -0.05) is 27.7 Å². The highest BCUT2D eigenvalue weighted by Crippen LogP contribution is 2.61. The molecule has 0 aromatic carbocycles. The van der Waals surface area contributed by atoms with Gasteiger partial charge >= 0.3 is 5.97 Å². The molecule has 0 N–H and O–H groups in total. The number of carbonyl (C=O) groups is 1. The Labute approximate surface area is 170 Å². The van der Waals surface area contributed by atoms with Gasteiger partial charge in [0.1, 0.15) is 6.10 Å². The Kier molecular flexibility index (Phi) is 4.45. The smallest absolute Gasteiger partial charge is 0.310 e. The molecule has 2 saturated carbocycles. The third kappa shape index (κ3) is 3.14. The molecule has 28 heavy (non-hydrogen) atoms. The summed E-state index contributed by atoms with van der Waals surface area (Å²) < 4.78 is 12.3. The number of likely N-dealkylation sites (tertiary alicyclic amines) is 1. The highest BCUT2D eigenvalue weighted by Gasteiger charge is 2.67. The van der Waals surface area contributed by atoms with Gasteiger partial charge in [-0.3, -0.25) is 4.79 Å². The fourth-order valence-electron chi connectivity index (χ4n) is 7.71. The van der Waals surface area contributed by atoms with E-state index in [1.807, 2.05) is 0 Å². The van der Waals surface area contributed by atoms with Crippen LogP contribution in [0.4, 0.5) is 0 Å². The van der Waals surface area contributed by atoms with Gasteiger partial charge in [-0.2, -0.15) is 0 Å². The topological polar surface area (TPSA) is 42.1 Å². The zero-order valence-electron chi connectivity index (χ0n) is 18.4. The molecule has 0 bridgehead atoms. The highest BCUT2D eigenvalue weighted by atomic mass is 16.6. The van der Waals surface area contributed by atoms with Crippen LogP contribution >= 0.6 is 0 Å². The van der Waals surface area contributed by atoms with E-state index >= 15 is 0 Å². The predicted octanol–water partition coefficient (Wildman–Crippen LogP) is 4.13. The Morgan fingerprint density at radius 3 is 2.71 bits per heavy atom. The molecule has 0 aromatic heterocycles. The van der Waals surface area contributed by atoms with Crippen LogP contribution in [-0.2, 0) is 14.3 Å². The van der Waals surface area contributed by atoms with E-state index in [0.717, 1.165) is 32.0 Å². The molecule has 0 spiro atoms. The molecule has 3 aliphatic heterocycles. The van der Waals surface area contributed by atoms with Gasteiger partial charge in [0.15, 0.2) is 0 Å². The molecular weight excluding hydrogens is 350 g/mol. The minimum Gasteiger partial charge on any atom is -0.461 e. The van der Waals surface area contributed by atoms with Gasteiger partial charge in [-0.15, -0.1) is 0 Å². The third-order valence-corrected chi connectivity index (χ3v) is 8.95. The summed E-state index contributed by atoms with van der Waals surface area (Å²) in [4.78, 5) is 15.6. The number of rotatable bonds is 2. The van der Waals surface area contributed by atoms with E-state index in [4.69, 9.17) is 9.47 Å². The van der Waals surface area contributed by atoms with Crippen molar-refractivity contribution in [2.24, 2.45) is 40.9 Å². The maximum atomic E-state index is 13.0. The average molecular weight is 390 g/mol. The van der Waals surface area contributed by atoms with Crippen molar-refractivity contribution in [3.05, 3.63) is 0 Å². The van der Waals surface area contributed by atoms with Crippen LogP contribution in [0.1, 0.15) is 66.7 Å². The van der Waals surface area contributed by atoms with Gasteiger partial charge in [0.2, 0.25) is 0 Å². The second-order valence-electron chi connectivity index (χ2n) is 12.0. The average Bonchev–Trinajstić information content (AvgIpc) is 3.23. The summed E-state index contributed by atoms with van der Waals surface area (Å²) in [7, 11) is 0. The minimum absolute atomic E-state index is 0.0598. The number of hydrogen-bond acceptors (Lipinski definition) is 4. The van der Waals surface area contributed by atoms with E-state index in [-0.39, 0.29) is 23.6 Å². The van der Waals surface area contributed by atoms with E-state index in [1.165, 1.54) is 25.7 Å². The summed E-state index contributed by atoms with van der Waals surface area (Å²) in [6.45, 7) is 14.9. The van der Waals surface area contributed by atoms with Gasteiger partial charge in [-0.05, 0) is 68.7 Å². The Morgan fingerprint density at radius 1 is 1.14 bits per heavy atom. The molecule has 5 fully saturated rings. The Bertz CT molecular complexity index is 648. The standard InChI is InChI=1S/C24H39NO3/c1-14-7-9-25(13-23(3,4)11-14)12-18-17-10-15(2)16-6-8-24(5)21(28-24)19(16)20(17)27-22(18)26/h14-21H,6-13H2,1-5H3. The largest absolute Gasteiger partial charge is 0.461 e. The highest BCUT2D eigenvalue weighted by molar-refractivity contribution is 5.75. The molecule has 3 saturated heterocycles. The molecule has 0 aromatic rings. The molecule has 4 nitrogen and oxygen atoms in total. The van der Waals surface area contributed by atoms with E-state index in [1.54, 1.807) is 0 Å². The number of esters is 1. The monoisotopic (exact) mass is 389 g/mol. The quantitative estimate of drug-likeness (QED) is 0.526. The molecule has 0 amide bonds. The van der Waals surface area contributed by atoms with Crippen molar-refractivity contribution in [1.29, 1.82) is 0 Å². The van der Waals surface area contributed by atoms with Crippen molar-refractivity contribution in [3.63, 3.8) is 0 Å². The van der Waals surface area contributed by atoms with Crippen molar-refractivity contribution in [1.82, 2.24) is 4.90 Å². The van der Waals surface area contributed by atoms with E-state index in [9.17, 15) is 4.79 Å². The van der Waals surface area contributed by atoms with Crippen LogP contribution in [0.3, 0.4) is 0 Å². The molecule has 3 heterocycles. The minimum atomic E-state index is 0.0598. The lowest BCUT2D eigenvalue weighted by Gasteiger charge is -2.45. The van der Waals surface area contributed by atoms with Gasteiger partial charge < -0.3 is 14.4 Å². The van der Waals surface area contributed by atoms with Crippen molar-refractivity contribution < 1.29 is 14.3 Å². The second kappa shape index (κ2) is 6.44. The summed E-state index contributed by atoms with van der Waals surface area (Å²) in [5.41, 5.74) is 0.397. The zero-order valence-corrected chi connectivity index (χ0v) is 18.4. The second-order valence-corrected chi connectivity index (χ2v) is 12.0. The Balaban J connectivity index is 1.34. The van der Waals surface area contributed by atoms with Crippen molar-refractivity contribution in [2.45, 2.75) is 84.5 Å². The molecule has 2 aliphatic carbocycles. The Morgan fingerprint density at radius 2 is 1.93 bits per heavy atom. The van der Waals surface area contributed by atoms with Crippen LogP contribution in [0.5, 0.6) is 0 Å². The summed E-state index contributed by atoms with van der Waals surface area (Å²) in [6, 6.07) is 0. The molecule has 9 atom stereocenters. The maximum Gasteiger partial charge on any atom is 0.310 e. The van der Waals surface area contributed by atoms with Crippen LogP contribution in [0, 0.1) is 40.9 Å². The van der Waals surface area contributed by atoms with E-state index < -0.39 is 0 Å². The van der Waals surface area contributed by atoms with Crippen LogP contribution in [0.15, 0.2) is 0 Å². The van der Waals surface area contributed by atoms with Crippen molar-refractivity contribution >= 4 is 5.97 Å². The van der Waals surface area contributed by atoms with E-state index in [2.05, 4.69) is 39.5 Å². The normalized spacial score (nSPS) is 52.8. The SMILES string of the molecule is CC1CCN(CC2C(=O)OC3C2CC(C)C2CCC4(C)OC4C23)CC(C)(C)C1. The molecule has 0 radical (unpaired) electrons. The number of nitrogens with zero attached hydrogens (tertiary/aromatic N) is 1. The first-order valence-corrected chi connectivity index (χ1v) is 11.8. The summed E-state index contributed by atoms with van der Waals surface area (Å²) in [5.74, 6) is 3.08. The predicted molar refractivity (Wildman–Crippen MR) is 109 cm³/mol. The van der Waals surface area contributed by atoms with Crippen LogP contribution in [0.25, 0.3) is 0 Å². The lowest BCUT2D eigenvalue weighted by molar-refractivity contribution is -0.149. The van der Waals surface area contributed by atoms with Crippen LogP contribution in [-0.4, -0.2) is 48.3 Å². The van der Waals surface area contributed by atoms with Gasteiger partial charge in [-0.25, -0.2) is 0 Å². The van der Waals surface area contributed by atoms with Crippen molar-refractivity contribution in [2.75, 3.05) is 19.6 Å². The van der Waals surface area contributed by atoms with E-state index in [0.29, 0.717) is 35.2 Å². The van der Waals surface area contributed by atoms with Crippen molar-refractivity contribution in [3.8, 4) is 0 Å². The zero-order chi connectivity index (χ0) is 19.8. The molecule has 158 valence electrons. The lowest BCUT2D eigenvalue weighted by Crippen LogP contribution is -2.49. The molecule has 9 unspecified atom stereocenters. The van der Waals surface area contributed by atoms with Crippen LogP contribution < -0.4 is 0 Å². The number of fused-ring (bicyclic) bond motifs is 5. The lowest BCUT2D eigenvalue weighted by atomic mass is 9.58. The maximum absolute atomic E-state index is 13.0. The number of carbonyl (C=O) groups excluding carboxylic acids is 1. The summed E-state index contributed by atoms with van der Waals surface area (Å²) in [6.07, 6.45) is 6.52. The van der Waals surface area contributed by atoms with Gasteiger partial charge in [0.05, 0.1) is 17.6 Å². The Hall–Kier alpha value is -0.610. The van der Waals surface area contributed by atoms with Gasteiger partial charge in [0.25, 0.3) is 0 Å². The summed E-state index contributed by atoms with van der Waals surface area (Å²) in [5, 5.41) is 0. The third-order valence-electron chi connectivity index (χ3n) is 8.95. The number of hydrogen-bond donors (Lipinski definition) is 0. The molecular formula is C24H39NO3. The molecule has 5 rings (SSSR count). The molecule has 5 aliphatic rings. The first-order valence-electron chi connectivity index (χ1n) is 11.8. The molecule has 4 heteroatoms. The summed E-state index contributed by atoms with van der Waals surface area (Å²) >= 11 is 0. The van der Waals surface area contributed by atoms with Gasteiger partial charge in [0, 0.05) is 24.9 Å². The van der Waals surface area contributed by atoms with Crippen LogP contribution in [0.2, 0.25) is 0 Å². The number of epoxide rings is 1. The fourth-order valence-corrected chi connectivity index (χ4v) is 7.71. The number of ether oxygens (including phenoxy) is 2. The fraction of sp³-hybridized carbons (Fsp3) is 0.958. The first-order chi connectivity index (χ1) is 13.2. The first kappa shape index (κ1) is 19.4.